The Morgan fingerprint density at radius 1 is 1.24 bits per heavy atom. The van der Waals surface area contributed by atoms with E-state index in [1.807, 2.05) is 12.4 Å². The van der Waals surface area contributed by atoms with Crippen LogP contribution < -0.4 is 5.32 Å². The fraction of sp³-hybridized carbons (Fsp3) is 0.643. The van der Waals surface area contributed by atoms with Crippen molar-refractivity contribution in [2.24, 2.45) is 0 Å². The Balaban J connectivity index is 2.19. The Kier molecular flexibility index (Phi) is 6.82. The molecule has 3 heteroatoms. The van der Waals surface area contributed by atoms with Gasteiger partial charge in [-0.2, -0.15) is 0 Å². The molecule has 1 unspecified atom stereocenters. The zero-order valence-corrected chi connectivity index (χ0v) is 11.3. The van der Waals surface area contributed by atoms with Gasteiger partial charge >= 0.3 is 0 Å². The lowest BCUT2D eigenvalue weighted by molar-refractivity contribution is 0.296. The predicted molar refractivity (Wildman–Crippen MR) is 73.1 cm³/mol. The van der Waals surface area contributed by atoms with Crippen molar-refractivity contribution in [3.8, 4) is 0 Å². The molecular weight excluding hydrogens is 210 g/mol. The summed E-state index contributed by atoms with van der Waals surface area (Å²) in [6.45, 7) is 11.2. The van der Waals surface area contributed by atoms with Crippen LogP contribution in [0, 0.1) is 0 Å². The highest BCUT2D eigenvalue weighted by Gasteiger charge is 2.04. The van der Waals surface area contributed by atoms with Gasteiger partial charge in [-0.3, -0.25) is 4.98 Å². The van der Waals surface area contributed by atoms with Crippen LogP contribution in [-0.2, 0) is 0 Å². The molecular formula is C14H25N3. The molecule has 1 N–H and O–H groups in total. The maximum atomic E-state index is 4.04. The number of pyridine rings is 1. The minimum absolute atomic E-state index is 0.412. The molecule has 0 radical (unpaired) electrons. The van der Waals surface area contributed by atoms with E-state index in [4.69, 9.17) is 0 Å². The smallest absolute Gasteiger partial charge is 0.0292 e. The summed E-state index contributed by atoms with van der Waals surface area (Å²) in [5, 5.41) is 3.55. The summed E-state index contributed by atoms with van der Waals surface area (Å²) in [6, 6.07) is 4.55. The third-order valence-corrected chi connectivity index (χ3v) is 3.20. The number of rotatable bonds is 8. The van der Waals surface area contributed by atoms with Crippen molar-refractivity contribution in [3.63, 3.8) is 0 Å². The summed E-state index contributed by atoms with van der Waals surface area (Å²) in [4.78, 5) is 6.49. The Labute approximate surface area is 105 Å². The van der Waals surface area contributed by atoms with Gasteiger partial charge < -0.3 is 10.2 Å². The van der Waals surface area contributed by atoms with Crippen LogP contribution in [0.25, 0.3) is 0 Å². The standard InChI is InChI=1S/C14H25N3/c1-4-17(5-2)12-6-9-16-13(3)14-7-10-15-11-8-14/h7-8,10-11,13,16H,4-6,9,12H2,1-3H3. The lowest BCUT2D eigenvalue weighted by Gasteiger charge is -2.19. The highest BCUT2D eigenvalue weighted by molar-refractivity contribution is 5.13. The minimum atomic E-state index is 0.412. The van der Waals surface area contributed by atoms with Crippen molar-refractivity contribution < 1.29 is 0 Å². The van der Waals surface area contributed by atoms with Gasteiger partial charge in [-0.25, -0.2) is 0 Å². The van der Waals surface area contributed by atoms with E-state index in [2.05, 4.69) is 48.1 Å². The first-order valence-corrected chi connectivity index (χ1v) is 6.63. The monoisotopic (exact) mass is 235 g/mol. The van der Waals surface area contributed by atoms with Crippen LogP contribution in [0.15, 0.2) is 24.5 Å². The third kappa shape index (κ3) is 5.29. The molecule has 3 nitrogen and oxygen atoms in total. The van der Waals surface area contributed by atoms with Gasteiger partial charge in [-0.05, 0) is 57.2 Å². The molecule has 0 saturated heterocycles. The average molecular weight is 235 g/mol. The van der Waals surface area contributed by atoms with Gasteiger partial charge in [-0.15, -0.1) is 0 Å². The summed E-state index contributed by atoms with van der Waals surface area (Å²) < 4.78 is 0. The van der Waals surface area contributed by atoms with E-state index in [-0.39, 0.29) is 0 Å². The van der Waals surface area contributed by atoms with Crippen LogP contribution >= 0.6 is 0 Å². The fourth-order valence-electron chi connectivity index (χ4n) is 1.93. The molecule has 0 aliphatic heterocycles. The molecule has 0 aromatic carbocycles. The minimum Gasteiger partial charge on any atom is -0.310 e. The highest BCUT2D eigenvalue weighted by atomic mass is 15.1. The maximum absolute atomic E-state index is 4.04. The fourth-order valence-corrected chi connectivity index (χ4v) is 1.93. The molecule has 17 heavy (non-hydrogen) atoms. The molecule has 1 aromatic rings. The van der Waals surface area contributed by atoms with Gasteiger partial charge in [0.15, 0.2) is 0 Å². The molecule has 0 fully saturated rings. The van der Waals surface area contributed by atoms with Crippen molar-refractivity contribution >= 4 is 0 Å². The quantitative estimate of drug-likeness (QED) is 0.702. The second kappa shape index (κ2) is 8.20. The van der Waals surface area contributed by atoms with Gasteiger partial charge in [0, 0.05) is 18.4 Å². The number of hydrogen-bond donors (Lipinski definition) is 1. The summed E-state index contributed by atoms with van der Waals surface area (Å²) in [7, 11) is 0. The number of hydrogen-bond acceptors (Lipinski definition) is 3. The van der Waals surface area contributed by atoms with E-state index in [0.29, 0.717) is 6.04 Å². The Morgan fingerprint density at radius 2 is 1.88 bits per heavy atom. The van der Waals surface area contributed by atoms with Gasteiger partial charge in [0.05, 0.1) is 0 Å². The first kappa shape index (κ1) is 14.1. The Morgan fingerprint density at radius 3 is 2.47 bits per heavy atom. The van der Waals surface area contributed by atoms with E-state index in [9.17, 15) is 0 Å². The second-order valence-electron chi connectivity index (χ2n) is 4.34. The second-order valence-corrected chi connectivity index (χ2v) is 4.34. The Hall–Kier alpha value is -0.930. The molecule has 0 amide bonds. The van der Waals surface area contributed by atoms with Crippen molar-refractivity contribution in [3.05, 3.63) is 30.1 Å². The van der Waals surface area contributed by atoms with Crippen LogP contribution in [0.2, 0.25) is 0 Å². The van der Waals surface area contributed by atoms with Crippen LogP contribution in [0.4, 0.5) is 0 Å². The molecule has 0 aliphatic carbocycles. The van der Waals surface area contributed by atoms with Gasteiger partial charge in [-0.1, -0.05) is 13.8 Å². The molecule has 0 bridgehead atoms. The van der Waals surface area contributed by atoms with Gasteiger partial charge in [0.2, 0.25) is 0 Å². The summed E-state index contributed by atoms with van der Waals surface area (Å²) >= 11 is 0. The molecule has 0 aliphatic rings. The molecule has 1 aromatic heterocycles. The normalized spacial score (nSPS) is 12.9. The van der Waals surface area contributed by atoms with E-state index in [1.165, 1.54) is 18.5 Å². The van der Waals surface area contributed by atoms with Crippen LogP contribution in [0.1, 0.15) is 38.8 Å². The van der Waals surface area contributed by atoms with E-state index in [0.717, 1.165) is 19.6 Å². The molecule has 0 spiro atoms. The first-order chi connectivity index (χ1) is 8.27. The topological polar surface area (TPSA) is 28.2 Å². The zero-order valence-electron chi connectivity index (χ0n) is 11.3. The van der Waals surface area contributed by atoms with E-state index in [1.54, 1.807) is 0 Å². The van der Waals surface area contributed by atoms with Crippen molar-refractivity contribution in [1.29, 1.82) is 0 Å². The predicted octanol–water partition coefficient (Wildman–Crippen LogP) is 2.46. The van der Waals surface area contributed by atoms with E-state index >= 15 is 0 Å². The molecule has 1 rings (SSSR count). The lowest BCUT2D eigenvalue weighted by atomic mass is 10.1. The SMILES string of the molecule is CCN(CC)CCCNC(C)c1ccncc1. The third-order valence-electron chi connectivity index (χ3n) is 3.20. The summed E-state index contributed by atoms with van der Waals surface area (Å²) in [6.07, 6.45) is 4.91. The highest BCUT2D eigenvalue weighted by Crippen LogP contribution is 2.09. The number of nitrogens with one attached hydrogen (secondary N) is 1. The van der Waals surface area contributed by atoms with Crippen LogP contribution in [-0.4, -0.2) is 36.1 Å². The van der Waals surface area contributed by atoms with E-state index < -0.39 is 0 Å². The van der Waals surface area contributed by atoms with Crippen molar-refractivity contribution in [1.82, 2.24) is 15.2 Å². The van der Waals surface area contributed by atoms with Gasteiger partial charge in [0.25, 0.3) is 0 Å². The summed E-state index contributed by atoms with van der Waals surface area (Å²) in [5.41, 5.74) is 1.31. The zero-order chi connectivity index (χ0) is 12.5. The molecule has 1 heterocycles. The first-order valence-electron chi connectivity index (χ1n) is 6.63. The summed E-state index contributed by atoms with van der Waals surface area (Å²) in [5.74, 6) is 0. The molecule has 1 atom stereocenters. The molecule has 96 valence electrons. The number of aromatic nitrogens is 1. The average Bonchev–Trinajstić information content (AvgIpc) is 2.40. The Bertz CT molecular complexity index is 283. The van der Waals surface area contributed by atoms with Crippen molar-refractivity contribution in [2.75, 3.05) is 26.2 Å². The largest absolute Gasteiger partial charge is 0.310 e. The number of nitrogens with zero attached hydrogens (tertiary/aromatic N) is 2. The van der Waals surface area contributed by atoms with Crippen LogP contribution in [0.3, 0.4) is 0 Å². The maximum Gasteiger partial charge on any atom is 0.0292 e. The van der Waals surface area contributed by atoms with Crippen LogP contribution in [0.5, 0.6) is 0 Å². The lowest BCUT2D eigenvalue weighted by Crippen LogP contribution is -2.28. The van der Waals surface area contributed by atoms with Crippen molar-refractivity contribution in [2.45, 2.75) is 33.2 Å². The van der Waals surface area contributed by atoms with Gasteiger partial charge in [0.1, 0.15) is 0 Å². The molecule has 0 saturated carbocycles.